The molecule has 0 bridgehead atoms. The van der Waals surface area contributed by atoms with Gasteiger partial charge in [-0.2, -0.15) is 0 Å². The first kappa shape index (κ1) is 11.3. The molecule has 0 aromatic carbocycles. The monoisotopic (exact) mass is 190 g/mol. The van der Waals surface area contributed by atoms with Crippen LogP contribution in [-0.4, -0.2) is 0 Å². The van der Waals surface area contributed by atoms with Crippen molar-refractivity contribution in [3.63, 3.8) is 0 Å². The molecule has 0 radical (unpaired) electrons. The highest BCUT2D eigenvalue weighted by Gasteiger charge is 2.08. The quantitative estimate of drug-likeness (QED) is 0.521. The van der Waals surface area contributed by atoms with Crippen molar-refractivity contribution in [2.24, 2.45) is 0 Å². The molecule has 0 nitrogen and oxygen atoms in total. The predicted octanol–water partition coefficient (Wildman–Crippen LogP) is 4.79. The zero-order chi connectivity index (χ0) is 10.7. The molecule has 0 aromatic heterocycles. The van der Waals surface area contributed by atoms with Crippen LogP contribution in [-0.2, 0) is 0 Å². The Morgan fingerprint density at radius 2 is 1.71 bits per heavy atom. The Bertz CT molecular complexity index is 311. The molecule has 0 atom stereocenters. The van der Waals surface area contributed by atoms with Crippen LogP contribution in [0.4, 0.5) is 0 Å². The fraction of sp³-hybridized carbons (Fsp3) is 0.571. The molecule has 0 aliphatic heterocycles. The molecule has 0 unspecified atom stereocenters. The summed E-state index contributed by atoms with van der Waals surface area (Å²) in [5.41, 5.74) is 7.68. The third-order valence-electron chi connectivity index (χ3n) is 3.45. The second kappa shape index (κ2) is 4.63. The summed E-state index contributed by atoms with van der Waals surface area (Å²) in [6.45, 7) is 11.3. The smallest absolute Gasteiger partial charge is 0.0103 e. The molecule has 14 heavy (non-hydrogen) atoms. The van der Waals surface area contributed by atoms with Gasteiger partial charge in [0.1, 0.15) is 0 Å². The van der Waals surface area contributed by atoms with Gasteiger partial charge in [0.05, 0.1) is 0 Å². The molecule has 0 heteroatoms. The van der Waals surface area contributed by atoms with E-state index in [9.17, 15) is 0 Å². The summed E-state index contributed by atoms with van der Waals surface area (Å²) in [4.78, 5) is 0. The Kier molecular flexibility index (Phi) is 3.74. The van der Waals surface area contributed by atoms with E-state index in [0.717, 1.165) is 6.42 Å². The van der Waals surface area contributed by atoms with Crippen molar-refractivity contribution in [1.82, 2.24) is 0 Å². The Balaban J connectivity index is 3.10. The van der Waals surface area contributed by atoms with Crippen LogP contribution in [0.5, 0.6) is 0 Å². The average molecular weight is 190 g/mol. The van der Waals surface area contributed by atoms with Crippen molar-refractivity contribution >= 4 is 0 Å². The van der Waals surface area contributed by atoms with E-state index in [1.165, 1.54) is 29.6 Å². The van der Waals surface area contributed by atoms with E-state index in [-0.39, 0.29) is 0 Å². The van der Waals surface area contributed by atoms with Crippen LogP contribution in [0.25, 0.3) is 0 Å². The maximum atomic E-state index is 2.36. The van der Waals surface area contributed by atoms with Gasteiger partial charge in [-0.3, -0.25) is 0 Å². The van der Waals surface area contributed by atoms with Crippen LogP contribution in [0.2, 0.25) is 0 Å². The zero-order valence-electron chi connectivity index (χ0n) is 10.2. The molecule has 0 amide bonds. The van der Waals surface area contributed by atoms with Crippen molar-refractivity contribution in [2.75, 3.05) is 0 Å². The highest BCUT2D eigenvalue weighted by atomic mass is 14.1. The van der Waals surface area contributed by atoms with E-state index in [1.807, 2.05) is 0 Å². The van der Waals surface area contributed by atoms with E-state index in [2.05, 4.69) is 40.7 Å². The van der Waals surface area contributed by atoms with Gasteiger partial charge < -0.3 is 0 Å². The predicted molar refractivity (Wildman–Crippen MR) is 64.4 cm³/mol. The summed E-state index contributed by atoms with van der Waals surface area (Å²) in [6, 6.07) is 0. The average Bonchev–Trinajstić information content (AvgIpc) is 2.19. The zero-order valence-corrected chi connectivity index (χ0v) is 10.2. The Morgan fingerprint density at radius 1 is 1.07 bits per heavy atom. The van der Waals surface area contributed by atoms with Crippen LogP contribution in [0, 0.1) is 0 Å². The minimum atomic E-state index is 1.14. The van der Waals surface area contributed by atoms with Gasteiger partial charge in [-0.1, -0.05) is 35.3 Å². The molecule has 0 aromatic rings. The normalized spacial score (nSPS) is 19.4. The topological polar surface area (TPSA) is 0 Å². The molecule has 1 aliphatic rings. The molecule has 1 aliphatic carbocycles. The standard InChI is InChI=1S/C14H22/c1-6-14-9-12(4)13(5)10(2)7-8-11(14)3/h7H,6,8-9H2,1-5H3. The van der Waals surface area contributed by atoms with Crippen LogP contribution in [0.15, 0.2) is 33.9 Å². The molecule has 0 heterocycles. The van der Waals surface area contributed by atoms with Crippen molar-refractivity contribution in [1.29, 1.82) is 0 Å². The molecule has 1 rings (SSSR count). The minimum Gasteiger partial charge on any atom is -0.0773 e. The third kappa shape index (κ3) is 2.37. The van der Waals surface area contributed by atoms with Crippen molar-refractivity contribution < 1.29 is 0 Å². The van der Waals surface area contributed by atoms with Crippen molar-refractivity contribution in [3.8, 4) is 0 Å². The molecule has 0 fully saturated rings. The first-order chi connectivity index (χ1) is 6.56. The number of hydrogen-bond donors (Lipinski definition) is 0. The molecule has 0 spiro atoms. The van der Waals surface area contributed by atoms with Crippen LogP contribution < -0.4 is 0 Å². The lowest BCUT2D eigenvalue weighted by molar-refractivity contribution is 0.916. The first-order valence-electron chi connectivity index (χ1n) is 5.57. The summed E-state index contributed by atoms with van der Waals surface area (Å²) >= 11 is 0. The maximum absolute atomic E-state index is 2.36. The van der Waals surface area contributed by atoms with E-state index in [1.54, 1.807) is 11.1 Å². The highest BCUT2D eigenvalue weighted by Crippen LogP contribution is 2.28. The molecule has 78 valence electrons. The number of allylic oxidation sites excluding steroid dienone is 6. The van der Waals surface area contributed by atoms with Crippen LogP contribution in [0.3, 0.4) is 0 Å². The molecular formula is C14H22. The van der Waals surface area contributed by atoms with Crippen LogP contribution >= 0.6 is 0 Å². The van der Waals surface area contributed by atoms with Gasteiger partial charge in [0.2, 0.25) is 0 Å². The summed E-state index contributed by atoms with van der Waals surface area (Å²) < 4.78 is 0. The number of rotatable bonds is 1. The molecule has 0 saturated heterocycles. The number of hydrogen-bond acceptors (Lipinski definition) is 0. The van der Waals surface area contributed by atoms with Gasteiger partial charge in [0, 0.05) is 0 Å². The van der Waals surface area contributed by atoms with Crippen molar-refractivity contribution in [2.45, 2.75) is 53.9 Å². The third-order valence-corrected chi connectivity index (χ3v) is 3.45. The molecular weight excluding hydrogens is 168 g/mol. The minimum absolute atomic E-state index is 1.14. The van der Waals surface area contributed by atoms with Crippen molar-refractivity contribution in [3.05, 3.63) is 33.9 Å². The van der Waals surface area contributed by atoms with Gasteiger partial charge in [-0.25, -0.2) is 0 Å². The van der Waals surface area contributed by atoms with Crippen LogP contribution in [0.1, 0.15) is 53.9 Å². The second-order valence-electron chi connectivity index (χ2n) is 4.41. The highest BCUT2D eigenvalue weighted by molar-refractivity contribution is 5.37. The van der Waals surface area contributed by atoms with E-state index >= 15 is 0 Å². The van der Waals surface area contributed by atoms with E-state index < -0.39 is 0 Å². The van der Waals surface area contributed by atoms with Gasteiger partial charge in [-0.05, 0) is 52.5 Å². The van der Waals surface area contributed by atoms with Gasteiger partial charge in [0.15, 0.2) is 0 Å². The fourth-order valence-corrected chi connectivity index (χ4v) is 1.97. The largest absolute Gasteiger partial charge is 0.0773 e. The van der Waals surface area contributed by atoms with E-state index in [4.69, 9.17) is 0 Å². The summed E-state index contributed by atoms with van der Waals surface area (Å²) in [6.07, 6.45) is 5.88. The van der Waals surface area contributed by atoms with E-state index in [0.29, 0.717) is 0 Å². The van der Waals surface area contributed by atoms with Gasteiger partial charge >= 0.3 is 0 Å². The SMILES string of the molecule is CCC1=C(C)CC=C(C)C(C)=C(C)C1. The lowest BCUT2D eigenvalue weighted by atomic mass is 9.90. The Hall–Kier alpha value is -0.780. The summed E-state index contributed by atoms with van der Waals surface area (Å²) in [7, 11) is 0. The van der Waals surface area contributed by atoms with Gasteiger partial charge in [0.25, 0.3) is 0 Å². The summed E-state index contributed by atoms with van der Waals surface area (Å²) in [5.74, 6) is 0. The fourth-order valence-electron chi connectivity index (χ4n) is 1.97. The second-order valence-corrected chi connectivity index (χ2v) is 4.41. The summed E-state index contributed by atoms with van der Waals surface area (Å²) in [5, 5.41) is 0. The lowest BCUT2D eigenvalue weighted by Crippen LogP contribution is -1.96. The maximum Gasteiger partial charge on any atom is -0.0103 e. The molecule has 0 saturated carbocycles. The first-order valence-corrected chi connectivity index (χ1v) is 5.57. The molecule has 0 N–H and O–H groups in total. The Morgan fingerprint density at radius 3 is 2.29 bits per heavy atom. The van der Waals surface area contributed by atoms with Gasteiger partial charge in [-0.15, -0.1) is 0 Å². The lowest BCUT2D eigenvalue weighted by Gasteiger charge is -2.16. The Labute approximate surface area is 88.4 Å².